The number of nitriles is 1. The molecule has 1 aliphatic heterocycles. The first-order valence-electron chi connectivity index (χ1n) is 6.56. The fourth-order valence-corrected chi connectivity index (χ4v) is 2.14. The molecule has 108 valence electrons. The van der Waals surface area contributed by atoms with Gasteiger partial charge in [-0.1, -0.05) is 0 Å². The van der Waals surface area contributed by atoms with Crippen molar-refractivity contribution in [3.05, 3.63) is 0 Å². The summed E-state index contributed by atoms with van der Waals surface area (Å²) < 4.78 is 16.6. The third-order valence-corrected chi connectivity index (χ3v) is 2.56. The maximum atomic E-state index is 11.8. The summed E-state index contributed by atoms with van der Waals surface area (Å²) >= 11 is 0. The Kier molecular flexibility index (Phi) is 4.94. The Balaban J connectivity index is 2.57. The highest BCUT2D eigenvalue weighted by Gasteiger charge is 2.36. The van der Waals surface area contributed by atoms with Gasteiger partial charge < -0.3 is 14.2 Å². The van der Waals surface area contributed by atoms with E-state index in [0.29, 0.717) is 12.8 Å². The highest BCUT2D eigenvalue weighted by Crippen LogP contribution is 2.30. The van der Waals surface area contributed by atoms with Crippen molar-refractivity contribution in [1.82, 2.24) is 0 Å². The minimum atomic E-state index is -0.771. The number of ether oxygens (including phenoxy) is 3. The molecule has 1 fully saturated rings. The van der Waals surface area contributed by atoms with Crippen LogP contribution in [0, 0.1) is 11.3 Å². The molecular weight excluding hydrogens is 246 g/mol. The van der Waals surface area contributed by atoms with E-state index in [-0.39, 0.29) is 24.6 Å². The molecule has 5 heteroatoms. The molecular formula is C14H23NO4. The highest BCUT2D eigenvalue weighted by atomic mass is 16.7. The smallest absolute Gasteiger partial charge is 0.308 e. The summed E-state index contributed by atoms with van der Waals surface area (Å²) in [4.78, 5) is 11.8. The number of hydrogen-bond donors (Lipinski definition) is 0. The van der Waals surface area contributed by atoms with Gasteiger partial charge in [-0.3, -0.25) is 4.79 Å². The Morgan fingerprint density at radius 1 is 1.37 bits per heavy atom. The van der Waals surface area contributed by atoms with Gasteiger partial charge >= 0.3 is 5.97 Å². The molecule has 1 rings (SSSR count). The monoisotopic (exact) mass is 269 g/mol. The molecule has 0 amide bonds. The van der Waals surface area contributed by atoms with Crippen molar-refractivity contribution in [1.29, 1.82) is 5.26 Å². The summed E-state index contributed by atoms with van der Waals surface area (Å²) in [6.07, 6.45) is 0.568. The third-order valence-electron chi connectivity index (χ3n) is 2.56. The lowest BCUT2D eigenvalue weighted by Gasteiger charge is -2.40. The van der Waals surface area contributed by atoms with Gasteiger partial charge in [0, 0.05) is 6.42 Å². The van der Waals surface area contributed by atoms with E-state index < -0.39 is 11.4 Å². The van der Waals surface area contributed by atoms with Crippen LogP contribution >= 0.6 is 0 Å². The first-order chi connectivity index (χ1) is 8.61. The Morgan fingerprint density at radius 2 is 1.95 bits per heavy atom. The van der Waals surface area contributed by atoms with Crippen molar-refractivity contribution in [3.8, 4) is 6.07 Å². The van der Waals surface area contributed by atoms with Gasteiger partial charge in [0.15, 0.2) is 5.79 Å². The minimum Gasteiger partial charge on any atom is -0.460 e. The third kappa shape index (κ3) is 6.04. The molecule has 0 aromatic carbocycles. The van der Waals surface area contributed by atoms with E-state index in [9.17, 15) is 4.79 Å². The molecule has 0 aromatic rings. The van der Waals surface area contributed by atoms with Gasteiger partial charge in [0.25, 0.3) is 0 Å². The molecule has 0 radical (unpaired) electrons. The Labute approximate surface area is 114 Å². The van der Waals surface area contributed by atoms with Gasteiger partial charge in [-0.05, 0) is 34.6 Å². The van der Waals surface area contributed by atoms with Crippen LogP contribution in [0.2, 0.25) is 0 Å². The average Bonchev–Trinajstić information content (AvgIpc) is 2.10. The standard InChI is InChI=1S/C14H23NO4/c1-13(2,3)19-12(16)9-11-8-10(6-7-15)17-14(4,5)18-11/h10-11H,6,8-9H2,1-5H3/t10-,11-/m1/s1. The second kappa shape index (κ2) is 5.89. The zero-order chi connectivity index (χ0) is 14.7. The lowest BCUT2D eigenvalue weighted by atomic mass is 10.0. The predicted octanol–water partition coefficient (Wildman–Crippen LogP) is 2.54. The average molecular weight is 269 g/mol. The number of rotatable bonds is 3. The highest BCUT2D eigenvalue weighted by molar-refractivity contribution is 5.70. The molecule has 1 saturated heterocycles. The summed E-state index contributed by atoms with van der Waals surface area (Å²) in [6.45, 7) is 9.08. The second-order valence-electron chi connectivity index (χ2n) is 6.27. The normalized spacial score (nSPS) is 26.5. The van der Waals surface area contributed by atoms with Crippen LogP contribution in [0.3, 0.4) is 0 Å². The molecule has 0 N–H and O–H groups in total. The molecule has 0 saturated carbocycles. The summed E-state index contributed by atoms with van der Waals surface area (Å²) in [5.41, 5.74) is -0.496. The minimum absolute atomic E-state index is 0.186. The molecule has 0 bridgehead atoms. The molecule has 19 heavy (non-hydrogen) atoms. The van der Waals surface area contributed by atoms with Crippen molar-refractivity contribution in [3.63, 3.8) is 0 Å². The summed E-state index contributed by atoms with van der Waals surface area (Å²) in [5.74, 6) is -1.06. The molecule has 0 aromatic heterocycles. The Hall–Kier alpha value is -1.12. The predicted molar refractivity (Wildman–Crippen MR) is 69.1 cm³/mol. The first kappa shape index (κ1) is 15.9. The van der Waals surface area contributed by atoms with E-state index in [0.717, 1.165) is 0 Å². The van der Waals surface area contributed by atoms with Crippen molar-refractivity contribution < 1.29 is 19.0 Å². The van der Waals surface area contributed by atoms with Crippen molar-refractivity contribution in [2.75, 3.05) is 0 Å². The van der Waals surface area contributed by atoms with Crippen LogP contribution < -0.4 is 0 Å². The fraction of sp³-hybridized carbons (Fsp3) is 0.857. The number of carbonyl (C=O) groups excluding carboxylic acids is 1. The van der Waals surface area contributed by atoms with Crippen LogP contribution in [-0.4, -0.2) is 29.6 Å². The van der Waals surface area contributed by atoms with Gasteiger partial charge in [0.1, 0.15) is 5.60 Å². The van der Waals surface area contributed by atoms with Gasteiger partial charge in [-0.15, -0.1) is 0 Å². The van der Waals surface area contributed by atoms with E-state index in [1.165, 1.54) is 0 Å². The van der Waals surface area contributed by atoms with Gasteiger partial charge in [-0.25, -0.2) is 0 Å². The zero-order valence-electron chi connectivity index (χ0n) is 12.4. The van der Waals surface area contributed by atoms with Gasteiger partial charge in [-0.2, -0.15) is 5.26 Å². The quantitative estimate of drug-likeness (QED) is 0.736. The Morgan fingerprint density at radius 3 is 2.47 bits per heavy atom. The maximum absolute atomic E-state index is 11.8. The topological polar surface area (TPSA) is 68.6 Å². The number of hydrogen-bond acceptors (Lipinski definition) is 5. The molecule has 0 unspecified atom stereocenters. The number of esters is 1. The SMILES string of the molecule is CC(C)(C)OC(=O)C[C@H]1C[C@@H](CC#N)OC(C)(C)O1. The molecule has 0 aliphatic carbocycles. The second-order valence-corrected chi connectivity index (χ2v) is 6.27. The lowest BCUT2D eigenvalue weighted by molar-refractivity contribution is -0.298. The van der Waals surface area contributed by atoms with Gasteiger partial charge in [0.05, 0.1) is 31.1 Å². The molecule has 2 atom stereocenters. The van der Waals surface area contributed by atoms with E-state index in [2.05, 4.69) is 6.07 Å². The van der Waals surface area contributed by atoms with Crippen molar-refractivity contribution >= 4 is 5.97 Å². The van der Waals surface area contributed by atoms with Crippen LogP contribution in [0.1, 0.15) is 53.9 Å². The van der Waals surface area contributed by atoms with Crippen LogP contribution in [0.5, 0.6) is 0 Å². The Bertz CT molecular complexity index is 365. The van der Waals surface area contributed by atoms with E-state index in [4.69, 9.17) is 19.5 Å². The first-order valence-corrected chi connectivity index (χ1v) is 6.56. The number of nitrogens with zero attached hydrogens (tertiary/aromatic N) is 1. The van der Waals surface area contributed by atoms with Crippen LogP contribution in [-0.2, 0) is 19.0 Å². The summed E-state index contributed by atoms with van der Waals surface area (Å²) in [5, 5.41) is 8.75. The largest absolute Gasteiger partial charge is 0.460 e. The molecule has 1 aliphatic rings. The summed E-state index contributed by atoms with van der Waals surface area (Å²) in [7, 11) is 0. The van der Waals surface area contributed by atoms with E-state index in [1.54, 1.807) is 13.8 Å². The van der Waals surface area contributed by atoms with E-state index >= 15 is 0 Å². The summed E-state index contributed by atoms with van der Waals surface area (Å²) in [6, 6.07) is 2.09. The van der Waals surface area contributed by atoms with Crippen LogP contribution in [0.15, 0.2) is 0 Å². The lowest BCUT2D eigenvalue weighted by Crippen LogP contribution is -2.45. The molecule has 0 spiro atoms. The molecule has 5 nitrogen and oxygen atoms in total. The van der Waals surface area contributed by atoms with Crippen LogP contribution in [0.25, 0.3) is 0 Å². The van der Waals surface area contributed by atoms with E-state index in [1.807, 2.05) is 20.8 Å². The molecule has 1 heterocycles. The maximum Gasteiger partial charge on any atom is 0.308 e. The zero-order valence-corrected chi connectivity index (χ0v) is 12.4. The van der Waals surface area contributed by atoms with Crippen molar-refractivity contribution in [2.45, 2.75) is 77.5 Å². The van der Waals surface area contributed by atoms with Crippen LogP contribution in [0.4, 0.5) is 0 Å². The fourth-order valence-electron chi connectivity index (χ4n) is 2.14. The van der Waals surface area contributed by atoms with Crippen molar-refractivity contribution in [2.24, 2.45) is 0 Å². The number of carbonyl (C=O) groups is 1. The van der Waals surface area contributed by atoms with Gasteiger partial charge in [0.2, 0.25) is 0 Å².